The van der Waals surface area contributed by atoms with Crippen molar-refractivity contribution >= 4 is 17.8 Å². The molecule has 9 nitrogen and oxygen atoms in total. The summed E-state index contributed by atoms with van der Waals surface area (Å²) in [5.41, 5.74) is 11.3. The lowest BCUT2D eigenvalue weighted by Gasteiger charge is -2.28. The Bertz CT molecular complexity index is 457. The molecule has 0 radical (unpaired) electrons. The summed E-state index contributed by atoms with van der Waals surface area (Å²) < 4.78 is 0. The molecule has 0 aromatic heterocycles. The fourth-order valence-electron chi connectivity index (χ4n) is 2.79. The highest BCUT2D eigenvalue weighted by atomic mass is 16.4. The van der Waals surface area contributed by atoms with Gasteiger partial charge in [0.2, 0.25) is 11.8 Å². The number of amides is 2. The first-order valence-corrected chi connectivity index (χ1v) is 8.27. The van der Waals surface area contributed by atoms with Crippen LogP contribution in [0.2, 0.25) is 0 Å². The Morgan fingerprint density at radius 1 is 1.33 bits per heavy atom. The first-order valence-electron chi connectivity index (χ1n) is 8.27. The average Bonchev–Trinajstić information content (AvgIpc) is 3.00. The molecule has 0 aromatic rings. The summed E-state index contributed by atoms with van der Waals surface area (Å²) in [6.45, 7) is 2.23. The van der Waals surface area contributed by atoms with Gasteiger partial charge in [-0.3, -0.25) is 9.59 Å². The number of likely N-dealkylation sites (tertiary alicyclic amines) is 1. The number of aliphatic carboxylic acids is 1. The van der Waals surface area contributed by atoms with Gasteiger partial charge in [-0.2, -0.15) is 0 Å². The Kier molecular flexibility index (Phi) is 8.09. The van der Waals surface area contributed by atoms with Crippen molar-refractivity contribution in [3.63, 3.8) is 0 Å². The van der Waals surface area contributed by atoms with Gasteiger partial charge in [-0.15, -0.1) is 0 Å². The number of carbonyl (C=O) groups is 3. The highest BCUT2D eigenvalue weighted by Crippen LogP contribution is 2.19. The highest BCUT2D eigenvalue weighted by Gasteiger charge is 2.38. The van der Waals surface area contributed by atoms with E-state index in [1.54, 1.807) is 0 Å². The number of nitrogens with one attached hydrogen (secondary N) is 1. The van der Waals surface area contributed by atoms with E-state index in [1.807, 2.05) is 0 Å². The predicted molar refractivity (Wildman–Crippen MR) is 86.9 cm³/mol. The van der Waals surface area contributed by atoms with E-state index in [0.29, 0.717) is 32.4 Å². The number of carbonyl (C=O) groups excluding carboxylic acids is 2. The molecule has 0 unspecified atom stereocenters. The molecule has 24 heavy (non-hydrogen) atoms. The van der Waals surface area contributed by atoms with Crippen molar-refractivity contribution in [2.45, 2.75) is 63.3 Å². The van der Waals surface area contributed by atoms with Gasteiger partial charge in [0.15, 0.2) is 6.04 Å². The molecule has 1 aliphatic rings. The molecule has 1 saturated heterocycles. The second-order valence-corrected chi connectivity index (χ2v) is 6.15. The van der Waals surface area contributed by atoms with E-state index in [2.05, 4.69) is 5.32 Å². The SMILES string of the molecule is C[C@H](O)[C@H](NC(=O)[C@@H]1CCCN1C(=O)[C@H](N)CCCCN)C(=O)O. The van der Waals surface area contributed by atoms with Crippen LogP contribution in [0.1, 0.15) is 39.0 Å². The van der Waals surface area contributed by atoms with E-state index in [9.17, 15) is 19.5 Å². The maximum atomic E-state index is 12.4. The number of aliphatic hydroxyl groups excluding tert-OH is 1. The van der Waals surface area contributed by atoms with Crippen LogP contribution in [-0.2, 0) is 14.4 Å². The van der Waals surface area contributed by atoms with Crippen molar-refractivity contribution in [2.75, 3.05) is 13.1 Å². The number of rotatable bonds is 9. The topological polar surface area (TPSA) is 159 Å². The van der Waals surface area contributed by atoms with Crippen molar-refractivity contribution in [1.82, 2.24) is 10.2 Å². The molecule has 7 N–H and O–H groups in total. The van der Waals surface area contributed by atoms with E-state index < -0.39 is 36.1 Å². The molecular weight excluding hydrogens is 316 g/mol. The quantitative estimate of drug-likeness (QED) is 0.314. The average molecular weight is 344 g/mol. The zero-order valence-electron chi connectivity index (χ0n) is 14.0. The molecule has 1 fully saturated rings. The molecule has 1 rings (SSSR count). The molecule has 1 aliphatic heterocycles. The fourth-order valence-corrected chi connectivity index (χ4v) is 2.79. The summed E-state index contributed by atoms with van der Waals surface area (Å²) in [4.78, 5) is 37.2. The zero-order valence-corrected chi connectivity index (χ0v) is 14.0. The largest absolute Gasteiger partial charge is 0.480 e. The number of carboxylic acids is 1. The number of hydrogen-bond acceptors (Lipinski definition) is 6. The van der Waals surface area contributed by atoms with Crippen LogP contribution >= 0.6 is 0 Å². The van der Waals surface area contributed by atoms with Gasteiger partial charge in [0, 0.05) is 6.54 Å². The third-order valence-corrected chi connectivity index (χ3v) is 4.17. The molecule has 0 spiro atoms. The maximum absolute atomic E-state index is 12.4. The van der Waals surface area contributed by atoms with Crippen LogP contribution in [0.15, 0.2) is 0 Å². The summed E-state index contributed by atoms with van der Waals surface area (Å²) in [6.07, 6.45) is 1.85. The number of carboxylic acid groups (broad SMARTS) is 1. The Hall–Kier alpha value is -1.71. The van der Waals surface area contributed by atoms with Crippen LogP contribution in [0, 0.1) is 0 Å². The van der Waals surface area contributed by atoms with E-state index in [0.717, 1.165) is 12.8 Å². The van der Waals surface area contributed by atoms with Gasteiger partial charge in [-0.1, -0.05) is 6.42 Å². The molecule has 0 bridgehead atoms. The van der Waals surface area contributed by atoms with Gasteiger partial charge in [0.05, 0.1) is 12.1 Å². The number of aliphatic hydroxyl groups is 1. The normalized spacial score (nSPS) is 21.2. The van der Waals surface area contributed by atoms with Gasteiger partial charge in [-0.25, -0.2) is 4.79 Å². The van der Waals surface area contributed by atoms with Crippen LogP contribution in [-0.4, -0.2) is 70.2 Å². The van der Waals surface area contributed by atoms with Crippen LogP contribution in [0.3, 0.4) is 0 Å². The Morgan fingerprint density at radius 3 is 2.54 bits per heavy atom. The summed E-state index contributed by atoms with van der Waals surface area (Å²) in [6, 6.07) is -2.86. The van der Waals surface area contributed by atoms with Crippen molar-refractivity contribution in [2.24, 2.45) is 11.5 Å². The molecule has 4 atom stereocenters. The fraction of sp³-hybridized carbons (Fsp3) is 0.800. The van der Waals surface area contributed by atoms with E-state index in [4.69, 9.17) is 16.6 Å². The maximum Gasteiger partial charge on any atom is 0.328 e. The van der Waals surface area contributed by atoms with Crippen molar-refractivity contribution in [1.29, 1.82) is 0 Å². The second kappa shape index (κ2) is 9.55. The van der Waals surface area contributed by atoms with Gasteiger partial charge < -0.3 is 31.9 Å². The monoisotopic (exact) mass is 344 g/mol. The van der Waals surface area contributed by atoms with Crippen LogP contribution < -0.4 is 16.8 Å². The van der Waals surface area contributed by atoms with Gasteiger partial charge >= 0.3 is 5.97 Å². The summed E-state index contributed by atoms with van der Waals surface area (Å²) in [5.74, 6) is -2.22. The Morgan fingerprint density at radius 2 is 2.00 bits per heavy atom. The molecule has 138 valence electrons. The molecule has 9 heteroatoms. The van der Waals surface area contributed by atoms with Crippen LogP contribution in [0.4, 0.5) is 0 Å². The van der Waals surface area contributed by atoms with Crippen LogP contribution in [0.5, 0.6) is 0 Å². The zero-order chi connectivity index (χ0) is 18.3. The lowest BCUT2D eigenvalue weighted by Crippen LogP contribution is -2.56. The predicted octanol–water partition coefficient (Wildman–Crippen LogP) is -1.62. The number of unbranched alkanes of at least 4 members (excludes halogenated alkanes) is 1. The summed E-state index contributed by atoms with van der Waals surface area (Å²) in [7, 11) is 0. The Labute approximate surface area is 141 Å². The van der Waals surface area contributed by atoms with Gasteiger partial charge in [0.1, 0.15) is 6.04 Å². The lowest BCUT2D eigenvalue weighted by molar-refractivity contribution is -0.146. The smallest absolute Gasteiger partial charge is 0.328 e. The molecular formula is C15H28N4O5. The molecule has 1 heterocycles. The third kappa shape index (κ3) is 5.43. The molecule has 0 aliphatic carbocycles. The third-order valence-electron chi connectivity index (χ3n) is 4.17. The number of hydrogen-bond donors (Lipinski definition) is 5. The first kappa shape index (κ1) is 20.3. The molecule has 0 aromatic carbocycles. The van der Waals surface area contributed by atoms with E-state index >= 15 is 0 Å². The van der Waals surface area contributed by atoms with Gasteiger partial charge in [0.25, 0.3) is 0 Å². The van der Waals surface area contributed by atoms with Gasteiger partial charge in [-0.05, 0) is 39.2 Å². The second-order valence-electron chi connectivity index (χ2n) is 6.15. The minimum Gasteiger partial charge on any atom is -0.480 e. The van der Waals surface area contributed by atoms with E-state index in [1.165, 1.54) is 11.8 Å². The minimum atomic E-state index is -1.41. The van der Waals surface area contributed by atoms with Crippen LogP contribution in [0.25, 0.3) is 0 Å². The number of nitrogens with two attached hydrogens (primary N) is 2. The van der Waals surface area contributed by atoms with Crippen molar-refractivity contribution < 1.29 is 24.6 Å². The van der Waals surface area contributed by atoms with Crippen molar-refractivity contribution in [3.05, 3.63) is 0 Å². The van der Waals surface area contributed by atoms with E-state index in [-0.39, 0.29) is 5.91 Å². The molecule has 2 amide bonds. The highest BCUT2D eigenvalue weighted by molar-refractivity contribution is 5.92. The number of nitrogens with zero attached hydrogens (tertiary/aromatic N) is 1. The standard InChI is InChI=1S/C15H28N4O5/c1-9(20)12(15(23)24)18-13(21)11-6-4-8-19(11)14(22)10(17)5-2-3-7-16/h9-12,20H,2-8,16-17H2,1H3,(H,18,21)(H,23,24)/t9-,10+,11-,12-/m0/s1. The summed E-state index contributed by atoms with van der Waals surface area (Å²) >= 11 is 0. The van der Waals surface area contributed by atoms with Crippen molar-refractivity contribution in [3.8, 4) is 0 Å². The minimum absolute atomic E-state index is 0.311. The summed E-state index contributed by atoms with van der Waals surface area (Å²) in [5, 5.41) is 20.8. The first-order chi connectivity index (χ1) is 11.3. The lowest BCUT2D eigenvalue weighted by atomic mass is 10.1. The Balaban J connectivity index is 2.68. The molecule has 0 saturated carbocycles.